The van der Waals surface area contributed by atoms with Crippen LogP contribution in [0.5, 0.6) is 0 Å². The molecule has 2 heterocycles. The number of rotatable bonds is 9. The number of anilines is 1. The maximum absolute atomic E-state index is 14.2. The van der Waals surface area contributed by atoms with Crippen molar-refractivity contribution in [1.29, 1.82) is 0 Å². The third kappa shape index (κ3) is 7.96. The van der Waals surface area contributed by atoms with Crippen LogP contribution in [0.1, 0.15) is 89.0 Å². The van der Waals surface area contributed by atoms with Crippen LogP contribution in [-0.2, 0) is 26.1 Å². The van der Waals surface area contributed by atoms with Crippen LogP contribution in [0.15, 0.2) is 24.3 Å². The number of alkyl halides is 1. The van der Waals surface area contributed by atoms with Gasteiger partial charge >= 0.3 is 12.1 Å². The number of likely N-dealkylation sites (tertiary alicyclic amines) is 1. The average Bonchev–Trinajstić information content (AvgIpc) is 3.64. The Bertz CT molecular complexity index is 1490. The molecule has 0 spiro atoms. The molecule has 2 saturated carbocycles. The molecule has 1 aromatic carbocycles. The number of hydrogen-bond acceptors (Lipinski definition) is 6. The monoisotopic (exact) mass is 670 g/mol. The number of halogens is 1. The van der Waals surface area contributed by atoms with Crippen LogP contribution >= 0.6 is 0 Å². The van der Waals surface area contributed by atoms with Crippen LogP contribution in [0.4, 0.5) is 14.9 Å². The van der Waals surface area contributed by atoms with Gasteiger partial charge in [-0.15, -0.1) is 0 Å². The largest absolute Gasteiger partial charge is 0.477 e. The number of nitrogens with zero attached hydrogens (tertiary/aromatic N) is 2. The second kappa shape index (κ2) is 14.8. The van der Waals surface area contributed by atoms with Crippen molar-refractivity contribution in [3.05, 3.63) is 30.0 Å². The summed E-state index contributed by atoms with van der Waals surface area (Å²) in [4.78, 5) is 54.1. The van der Waals surface area contributed by atoms with Crippen molar-refractivity contribution >= 4 is 40.5 Å². The number of fused-ring (bicyclic) bond motifs is 1. The number of nitrogens with one attached hydrogen (secondary N) is 2. The standard InChI is InChI=1S/C36H51FN4O7/c1-36(2,3)48-35(46)39-28(20-37)22-6-8-23(9-7-22)33(43)41-17-16-27(21-10-13-26(47-5)14-11-21)31(41)32(42)38-25-12-15-29-24(18-25)19-30(34(44)45)40(29)4/h12,15,18-19,21-23,26-28,31H,6-11,13-14,16-17,20H2,1-5H3,(H,38,42)(H,39,46)(H,44,45)/t21?,22-,23-,26?,27-,28?,31-/m0/s1. The minimum atomic E-state index is -1.03. The van der Waals surface area contributed by atoms with E-state index in [0.717, 1.165) is 37.6 Å². The molecule has 3 N–H and O–H groups in total. The van der Waals surface area contributed by atoms with E-state index in [2.05, 4.69) is 10.6 Å². The number of aryl methyl sites for hydroxylation is 1. The van der Waals surface area contributed by atoms with E-state index in [9.17, 15) is 28.7 Å². The Morgan fingerprint density at radius 1 is 1.00 bits per heavy atom. The molecule has 0 bridgehead atoms. The lowest BCUT2D eigenvalue weighted by atomic mass is 9.75. The van der Waals surface area contributed by atoms with Gasteiger partial charge in [0.05, 0.1) is 12.1 Å². The number of benzene rings is 1. The molecule has 1 saturated heterocycles. The summed E-state index contributed by atoms with van der Waals surface area (Å²) in [5.41, 5.74) is 0.752. The van der Waals surface area contributed by atoms with Crippen molar-refractivity contribution < 1.29 is 38.1 Å². The molecule has 3 amide bonds. The van der Waals surface area contributed by atoms with E-state index < -0.39 is 36.4 Å². The van der Waals surface area contributed by atoms with Crippen molar-refractivity contribution in [2.24, 2.45) is 30.7 Å². The lowest BCUT2D eigenvalue weighted by Gasteiger charge is -2.38. The number of aromatic carboxylic acids is 1. The highest BCUT2D eigenvalue weighted by Gasteiger charge is 2.47. The predicted molar refractivity (Wildman–Crippen MR) is 179 cm³/mol. The fourth-order valence-corrected chi connectivity index (χ4v) is 8.24. The summed E-state index contributed by atoms with van der Waals surface area (Å²) in [6.45, 7) is 5.06. The van der Waals surface area contributed by atoms with Gasteiger partial charge in [-0.2, -0.15) is 0 Å². The third-order valence-electron chi connectivity index (χ3n) is 10.7. The van der Waals surface area contributed by atoms with E-state index in [0.29, 0.717) is 49.2 Å². The summed E-state index contributed by atoms with van der Waals surface area (Å²) in [6, 6.07) is 5.60. The second-order valence-corrected chi connectivity index (χ2v) is 14.9. The first-order valence-corrected chi connectivity index (χ1v) is 17.3. The predicted octanol–water partition coefficient (Wildman–Crippen LogP) is 5.91. The highest BCUT2D eigenvalue weighted by atomic mass is 19.1. The van der Waals surface area contributed by atoms with Crippen LogP contribution < -0.4 is 10.6 Å². The molecule has 11 nitrogen and oxygen atoms in total. The van der Waals surface area contributed by atoms with E-state index in [4.69, 9.17) is 9.47 Å². The van der Waals surface area contributed by atoms with Gasteiger partial charge in [0.2, 0.25) is 11.8 Å². The maximum Gasteiger partial charge on any atom is 0.407 e. The van der Waals surface area contributed by atoms with Crippen molar-refractivity contribution in [1.82, 2.24) is 14.8 Å². The van der Waals surface area contributed by atoms with E-state index in [-0.39, 0.29) is 41.4 Å². The molecule has 1 unspecified atom stereocenters. The SMILES string of the molecule is COC1CCC([C@@H]2CCN(C(=O)[C@H]3CC[C@H](C(CF)NC(=O)OC(C)(C)C)CC3)[C@@H]2C(=O)Nc2ccc3c(c2)cc(C(=O)O)n3C)CC1. The third-order valence-corrected chi connectivity index (χ3v) is 10.7. The van der Waals surface area contributed by atoms with Gasteiger partial charge in [-0.25, -0.2) is 14.0 Å². The number of alkyl carbamates (subject to hydrolysis) is 1. The van der Waals surface area contributed by atoms with Crippen molar-refractivity contribution in [3.8, 4) is 0 Å². The normalized spacial score (nSPS) is 27.0. The Hall–Kier alpha value is -3.67. The Balaban J connectivity index is 1.29. The number of amides is 3. The van der Waals surface area contributed by atoms with Gasteiger partial charge < -0.3 is 34.7 Å². The molecule has 1 aromatic heterocycles. The van der Waals surface area contributed by atoms with E-state index >= 15 is 0 Å². The number of aromatic nitrogens is 1. The zero-order valence-corrected chi connectivity index (χ0v) is 28.8. The van der Waals surface area contributed by atoms with Gasteiger partial charge in [-0.3, -0.25) is 9.59 Å². The Kier molecular flexibility index (Phi) is 11.0. The number of hydrogen-bond donors (Lipinski definition) is 3. The number of methoxy groups -OCH3 is 1. The fraction of sp³-hybridized carbons (Fsp3) is 0.667. The number of carbonyl (C=O) groups is 4. The number of ether oxygens (including phenoxy) is 2. The van der Waals surface area contributed by atoms with Gasteiger partial charge in [0.25, 0.3) is 0 Å². The second-order valence-electron chi connectivity index (χ2n) is 14.9. The van der Waals surface area contributed by atoms with Gasteiger partial charge in [-0.05, 0) is 121 Å². The summed E-state index contributed by atoms with van der Waals surface area (Å²) in [5, 5.41) is 16.0. The van der Waals surface area contributed by atoms with Crippen LogP contribution in [0, 0.1) is 23.7 Å². The molecule has 12 heteroatoms. The maximum atomic E-state index is 14.2. The zero-order valence-electron chi connectivity index (χ0n) is 28.8. The molecule has 48 heavy (non-hydrogen) atoms. The molecule has 3 atom stereocenters. The first-order valence-electron chi connectivity index (χ1n) is 17.3. The minimum absolute atomic E-state index is 0.0103. The topological polar surface area (TPSA) is 139 Å². The highest BCUT2D eigenvalue weighted by molar-refractivity contribution is 6.01. The average molecular weight is 671 g/mol. The highest BCUT2D eigenvalue weighted by Crippen LogP contribution is 2.42. The Morgan fingerprint density at radius 3 is 2.29 bits per heavy atom. The van der Waals surface area contributed by atoms with Crippen LogP contribution in [0.2, 0.25) is 0 Å². The summed E-state index contributed by atoms with van der Waals surface area (Å²) in [7, 11) is 3.43. The summed E-state index contributed by atoms with van der Waals surface area (Å²) in [6.07, 6.45) is 6.32. The molecule has 0 radical (unpaired) electrons. The van der Waals surface area contributed by atoms with Gasteiger partial charge in [0, 0.05) is 43.2 Å². The molecule has 1 aliphatic heterocycles. The Morgan fingerprint density at radius 2 is 1.69 bits per heavy atom. The molecule has 2 aromatic rings. The number of carbonyl (C=O) groups excluding carboxylic acids is 3. The van der Waals surface area contributed by atoms with Crippen LogP contribution in [0.3, 0.4) is 0 Å². The summed E-state index contributed by atoms with van der Waals surface area (Å²) < 4.78 is 26.6. The van der Waals surface area contributed by atoms with Gasteiger partial charge in [-0.1, -0.05) is 0 Å². The lowest BCUT2D eigenvalue weighted by Crippen LogP contribution is -2.50. The minimum Gasteiger partial charge on any atom is -0.477 e. The van der Waals surface area contributed by atoms with Gasteiger partial charge in [0.1, 0.15) is 24.0 Å². The molecule has 3 aliphatic rings. The summed E-state index contributed by atoms with van der Waals surface area (Å²) >= 11 is 0. The first kappa shape index (κ1) is 35.6. The molecular weight excluding hydrogens is 619 g/mol. The smallest absolute Gasteiger partial charge is 0.407 e. The Labute approximate surface area is 281 Å². The molecule has 2 aliphatic carbocycles. The quantitative estimate of drug-likeness (QED) is 0.302. The van der Waals surface area contributed by atoms with E-state index in [1.165, 1.54) is 0 Å². The molecule has 264 valence electrons. The van der Waals surface area contributed by atoms with Gasteiger partial charge in [0.15, 0.2) is 0 Å². The molecule has 3 fully saturated rings. The zero-order chi connectivity index (χ0) is 34.7. The van der Waals surface area contributed by atoms with Crippen molar-refractivity contribution in [2.75, 3.05) is 25.6 Å². The van der Waals surface area contributed by atoms with Crippen LogP contribution in [0.25, 0.3) is 10.9 Å². The first-order chi connectivity index (χ1) is 22.8. The van der Waals surface area contributed by atoms with E-state index in [1.54, 1.807) is 68.7 Å². The lowest BCUT2D eigenvalue weighted by molar-refractivity contribution is -0.142. The molecular formula is C36H51FN4O7. The summed E-state index contributed by atoms with van der Waals surface area (Å²) in [5.74, 6) is -1.39. The van der Waals surface area contributed by atoms with Crippen molar-refractivity contribution in [2.45, 2.75) is 102 Å². The van der Waals surface area contributed by atoms with Crippen molar-refractivity contribution in [3.63, 3.8) is 0 Å². The molecule has 5 rings (SSSR count). The number of carboxylic acid groups (broad SMARTS) is 1. The number of carboxylic acids is 1. The van der Waals surface area contributed by atoms with E-state index in [1.807, 2.05) is 0 Å². The van der Waals surface area contributed by atoms with Crippen LogP contribution in [-0.4, -0.2) is 82.6 Å². The fourth-order valence-electron chi connectivity index (χ4n) is 8.24.